The molecule has 0 bridgehead atoms. The first-order valence-electron chi connectivity index (χ1n) is 7.29. The molecule has 8 heteroatoms. The maximum Gasteiger partial charge on any atom is 0.288 e. The van der Waals surface area contributed by atoms with Crippen molar-refractivity contribution in [1.29, 1.82) is 0 Å². The Morgan fingerprint density at radius 2 is 2.20 bits per heavy atom. The minimum absolute atomic E-state index is 0.154. The molecule has 130 valence electrons. The van der Waals surface area contributed by atoms with Crippen molar-refractivity contribution in [2.24, 2.45) is 15.8 Å². The first kappa shape index (κ1) is 18.4. The molecule has 0 aliphatic rings. The molecule has 2 N–H and O–H groups in total. The second-order valence-corrected chi connectivity index (χ2v) is 5.61. The summed E-state index contributed by atoms with van der Waals surface area (Å²) in [6.07, 6.45) is 1.67. The number of primary amides is 1. The Hall–Kier alpha value is -2.93. The minimum atomic E-state index is -0.741. The van der Waals surface area contributed by atoms with Gasteiger partial charge in [-0.1, -0.05) is 23.7 Å². The molecule has 7 nitrogen and oxygen atoms in total. The predicted octanol–water partition coefficient (Wildman–Crippen LogP) is 2.34. The number of aliphatic imine (C=N–C) groups is 1. The number of methoxy groups -OCH3 is 1. The molecule has 1 heterocycles. The number of aromatic nitrogens is 1. The van der Waals surface area contributed by atoms with E-state index in [-0.39, 0.29) is 5.84 Å². The van der Waals surface area contributed by atoms with Crippen molar-refractivity contribution in [3.05, 3.63) is 47.1 Å². The summed E-state index contributed by atoms with van der Waals surface area (Å²) in [5, 5.41) is 6.16. The van der Waals surface area contributed by atoms with E-state index < -0.39 is 5.91 Å². The molecule has 0 atom stereocenters. The summed E-state index contributed by atoms with van der Waals surface area (Å²) >= 11 is 6.07. The number of amidine groups is 1. The number of rotatable bonds is 5. The van der Waals surface area contributed by atoms with Crippen molar-refractivity contribution < 1.29 is 9.53 Å². The Balaban J connectivity index is 2.33. The number of carbonyl (C=O) groups excluding carboxylic acids is 1. The largest absolute Gasteiger partial charge is 0.481 e. The highest BCUT2D eigenvalue weighted by atomic mass is 35.5. The SMILES string of the molecule is C=N/C(=N\N(C)Cc1cnc(OC)c(-c2cccc(Cl)c2)c1)C(N)=O. The number of halogens is 1. The Bertz CT molecular complexity index is 822. The van der Waals surface area contributed by atoms with Gasteiger partial charge >= 0.3 is 0 Å². The maximum atomic E-state index is 11.2. The van der Waals surface area contributed by atoms with Gasteiger partial charge in [0.15, 0.2) is 0 Å². The van der Waals surface area contributed by atoms with Crippen LogP contribution in [0.25, 0.3) is 11.1 Å². The molecule has 0 radical (unpaired) electrons. The average molecular weight is 360 g/mol. The van der Waals surface area contributed by atoms with Crippen LogP contribution < -0.4 is 10.5 Å². The zero-order chi connectivity index (χ0) is 18.4. The van der Waals surface area contributed by atoms with Crippen molar-refractivity contribution >= 4 is 30.1 Å². The number of amides is 1. The lowest BCUT2D eigenvalue weighted by Gasteiger charge is -2.15. The summed E-state index contributed by atoms with van der Waals surface area (Å²) in [7, 11) is 3.25. The summed E-state index contributed by atoms with van der Waals surface area (Å²) < 4.78 is 5.33. The van der Waals surface area contributed by atoms with Gasteiger partial charge in [0.25, 0.3) is 5.91 Å². The van der Waals surface area contributed by atoms with Gasteiger partial charge in [0.05, 0.1) is 13.7 Å². The molecule has 2 rings (SSSR count). The molecule has 0 saturated heterocycles. The van der Waals surface area contributed by atoms with Gasteiger partial charge < -0.3 is 10.5 Å². The quantitative estimate of drug-likeness (QED) is 0.503. The summed E-state index contributed by atoms with van der Waals surface area (Å²) in [6.45, 7) is 3.66. The van der Waals surface area contributed by atoms with Gasteiger partial charge in [0.1, 0.15) is 0 Å². The van der Waals surface area contributed by atoms with E-state index >= 15 is 0 Å². The number of nitrogens with two attached hydrogens (primary N) is 1. The van der Waals surface area contributed by atoms with Crippen molar-refractivity contribution in [3.8, 4) is 17.0 Å². The molecule has 1 amide bonds. The van der Waals surface area contributed by atoms with Crippen molar-refractivity contribution in [1.82, 2.24) is 9.99 Å². The summed E-state index contributed by atoms with van der Waals surface area (Å²) in [6, 6.07) is 9.33. The lowest BCUT2D eigenvalue weighted by molar-refractivity contribution is -0.112. The number of hydrogen-bond acceptors (Lipinski definition) is 5. The number of benzene rings is 1. The Kier molecular flexibility index (Phi) is 6.08. The van der Waals surface area contributed by atoms with Crippen LogP contribution in [0.4, 0.5) is 0 Å². The van der Waals surface area contributed by atoms with E-state index in [4.69, 9.17) is 22.1 Å². The van der Waals surface area contributed by atoms with Crippen LogP contribution in [0.15, 0.2) is 46.6 Å². The van der Waals surface area contributed by atoms with E-state index in [1.807, 2.05) is 24.3 Å². The topological polar surface area (TPSA) is 93.2 Å². The van der Waals surface area contributed by atoms with Gasteiger partial charge in [-0.25, -0.2) is 9.98 Å². The number of hydrazone groups is 1. The lowest BCUT2D eigenvalue weighted by Crippen LogP contribution is -2.25. The van der Waals surface area contributed by atoms with Gasteiger partial charge in [-0.15, -0.1) is 0 Å². The number of carbonyl (C=O) groups is 1. The third-order valence-electron chi connectivity index (χ3n) is 3.28. The van der Waals surface area contributed by atoms with Crippen molar-refractivity contribution in [3.63, 3.8) is 0 Å². The number of ether oxygens (including phenoxy) is 1. The number of nitrogens with zero attached hydrogens (tertiary/aromatic N) is 4. The van der Waals surface area contributed by atoms with E-state index in [0.29, 0.717) is 17.4 Å². The maximum absolute atomic E-state index is 11.2. The van der Waals surface area contributed by atoms with E-state index in [0.717, 1.165) is 16.7 Å². The van der Waals surface area contributed by atoms with Crippen LogP contribution in [-0.4, -0.2) is 42.6 Å². The highest BCUT2D eigenvalue weighted by molar-refractivity contribution is 6.38. The fourth-order valence-electron chi connectivity index (χ4n) is 2.23. The molecule has 1 aromatic heterocycles. The van der Waals surface area contributed by atoms with Crippen LogP contribution in [0.2, 0.25) is 5.02 Å². The Labute approximate surface area is 150 Å². The van der Waals surface area contributed by atoms with Crippen molar-refractivity contribution in [2.45, 2.75) is 6.54 Å². The zero-order valence-electron chi connectivity index (χ0n) is 13.9. The first-order valence-corrected chi connectivity index (χ1v) is 7.67. The number of hydrogen-bond donors (Lipinski definition) is 1. The lowest BCUT2D eigenvalue weighted by atomic mass is 10.1. The standard InChI is InChI=1S/C17H18ClN5O2/c1-20-16(15(19)24)22-23(2)10-11-7-14(17(25-3)21-9-11)12-5-4-6-13(18)8-12/h4-9H,1,10H2,2-3H3,(H2,19,24)/b22-16-. The van der Waals surface area contributed by atoms with Crippen LogP contribution in [-0.2, 0) is 11.3 Å². The van der Waals surface area contributed by atoms with Gasteiger partial charge in [-0.05, 0) is 36.0 Å². The molecular weight excluding hydrogens is 342 g/mol. The molecule has 25 heavy (non-hydrogen) atoms. The second-order valence-electron chi connectivity index (χ2n) is 5.17. The highest BCUT2D eigenvalue weighted by Gasteiger charge is 2.11. The molecule has 0 fully saturated rings. The molecule has 0 aliphatic heterocycles. The van der Waals surface area contributed by atoms with Gasteiger partial charge in [0, 0.05) is 23.8 Å². The summed E-state index contributed by atoms with van der Waals surface area (Å²) in [5.41, 5.74) is 7.71. The normalized spacial score (nSPS) is 11.1. The van der Waals surface area contributed by atoms with Crippen molar-refractivity contribution in [2.75, 3.05) is 14.2 Å². The van der Waals surface area contributed by atoms with E-state index in [9.17, 15) is 4.79 Å². The van der Waals surface area contributed by atoms with Gasteiger partial charge in [-0.3, -0.25) is 9.80 Å². The van der Waals surface area contributed by atoms with E-state index in [1.54, 1.807) is 26.4 Å². The van der Waals surface area contributed by atoms with E-state index in [2.05, 4.69) is 21.8 Å². The zero-order valence-corrected chi connectivity index (χ0v) is 14.7. The molecular formula is C17H18ClN5O2. The summed E-state index contributed by atoms with van der Waals surface area (Å²) in [5.74, 6) is -0.406. The van der Waals surface area contributed by atoms with E-state index in [1.165, 1.54) is 5.01 Å². The van der Waals surface area contributed by atoms with Crippen LogP contribution >= 0.6 is 11.6 Å². The molecule has 0 saturated carbocycles. The van der Waals surface area contributed by atoms with Crippen LogP contribution in [0.5, 0.6) is 5.88 Å². The second kappa shape index (κ2) is 8.25. The molecule has 0 unspecified atom stereocenters. The molecule has 0 spiro atoms. The van der Waals surface area contributed by atoms with Crippen LogP contribution in [0.3, 0.4) is 0 Å². The molecule has 0 aliphatic carbocycles. The third-order valence-corrected chi connectivity index (χ3v) is 3.52. The molecule has 1 aromatic carbocycles. The Morgan fingerprint density at radius 1 is 1.44 bits per heavy atom. The Morgan fingerprint density at radius 3 is 2.80 bits per heavy atom. The fourth-order valence-corrected chi connectivity index (χ4v) is 2.42. The van der Waals surface area contributed by atoms with Gasteiger partial charge in [0.2, 0.25) is 11.7 Å². The van der Waals surface area contributed by atoms with Crippen LogP contribution in [0.1, 0.15) is 5.56 Å². The first-order chi connectivity index (χ1) is 11.9. The highest BCUT2D eigenvalue weighted by Crippen LogP contribution is 2.30. The minimum Gasteiger partial charge on any atom is -0.481 e. The van der Waals surface area contributed by atoms with Crippen LogP contribution in [0, 0.1) is 0 Å². The smallest absolute Gasteiger partial charge is 0.288 e. The predicted molar refractivity (Wildman–Crippen MR) is 98.9 cm³/mol. The average Bonchev–Trinajstić information content (AvgIpc) is 2.59. The monoisotopic (exact) mass is 359 g/mol. The number of pyridine rings is 1. The van der Waals surface area contributed by atoms with Gasteiger partial charge in [-0.2, -0.15) is 5.10 Å². The molecule has 2 aromatic rings. The third kappa shape index (κ3) is 4.77. The summed E-state index contributed by atoms with van der Waals surface area (Å²) in [4.78, 5) is 19.0. The fraction of sp³-hybridized carbons (Fsp3) is 0.176.